The maximum absolute atomic E-state index is 11.2. The topological polar surface area (TPSA) is 64.1 Å². The van der Waals surface area contributed by atoms with Crippen LogP contribution in [0.5, 0.6) is 0 Å². The molecule has 0 aromatic carbocycles. The molecule has 5 nitrogen and oxygen atoms in total. The quantitative estimate of drug-likeness (QED) is 0.390. The van der Waals surface area contributed by atoms with Crippen molar-refractivity contribution in [3.63, 3.8) is 0 Å². The minimum atomic E-state index is -0.384. The lowest BCUT2D eigenvalue weighted by atomic mass is 10.2. The van der Waals surface area contributed by atoms with Crippen LogP contribution in [0.25, 0.3) is 6.08 Å². The molecule has 0 amide bonds. The van der Waals surface area contributed by atoms with E-state index in [0.717, 1.165) is 16.5 Å². The monoisotopic (exact) mass is 293 g/mol. The van der Waals surface area contributed by atoms with E-state index < -0.39 is 0 Å². The first-order valence-electron chi connectivity index (χ1n) is 6.66. The zero-order valence-electron chi connectivity index (χ0n) is 11.8. The Bertz CT molecular complexity index is 499. The number of rotatable bonds is 5. The number of hydrogen-bond donors (Lipinski definition) is 1. The van der Waals surface area contributed by atoms with Crippen molar-refractivity contribution in [3.8, 4) is 0 Å². The molecule has 2 rings (SSSR count). The van der Waals surface area contributed by atoms with Gasteiger partial charge in [0.2, 0.25) is 0 Å². The van der Waals surface area contributed by atoms with E-state index in [4.69, 9.17) is 0 Å². The van der Waals surface area contributed by atoms with Gasteiger partial charge in [-0.25, -0.2) is 14.8 Å². The summed E-state index contributed by atoms with van der Waals surface area (Å²) in [7, 11) is 1.36. The number of methoxy groups -OCH3 is 1. The zero-order chi connectivity index (χ0) is 14.4. The van der Waals surface area contributed by atoms with Crippen molar-refractivity contribution < 1.29 is 9.53 Å². The summed E-state index contributed by atoms with van der Waals surface area (Å²) in [5, 5.41) is 4.18. The molecule has 1 aliphatic carbocycles. The molecule has 1 saturated carbocycles. The molecule has 1 heterocycles. The Labute approximate surface area is 123 Å². The summed E-state index contributed by atoms with van der Waals surface area (Å²) in [6.45, 7) is 0. The molecule has 1 aliphatic rings. The van der Waals surface area contributed by atoms with Crippen LogP contribution in [0.2, 0.25) is 0 Å². The minimum absolute atomic E-state index is 0.384. The molecule has 0 atom stereocenters. The highest BCUT2D eigenvalue weighted by Crippen LogP contribution is 2.24. The maximum Gasteiger partial charge on any atom is 0.330 e. The molecule has 20 heavy (non-hydrogen) atoms. The SMILES string of the molecule is COC(=O)C=Cc1cnc(SC)nc1NC1CCCC1. The second kappa shape index (κ2) is 7.28. The highest BCUT2D eigenvalue weighted by molar-refractivity contribution is 7.98. The Hall–Kier alpha value is -1.56. The van der Waals surface area contributed by atoms with Crippen LogP contribution in [0.1, 0.15) is 31.2 Å². The molecule has 0 saturated heterocycles. The van der Waals surface area contributed by atoms with Crippen molar-refractivity contribution in [2.45, 2.75) is 36.9 Å². The number of hydrogen-bond acceptors (Lipinski definition) is 6. The van der Waals surface area contributed by atoms with E-state index in [1.165, 1.54) is 50.6 Å². The highest BCUT2D eigenvalue weighted by atomic mass is 32.2. The van der Waals surface area contributed by atoms with Crippen LogP contribution in [-0.4, -0.2) is 35.3 Å². The molecule has 0 aliphatic heterocycles. The molecule has 6 heteroatoms. The first-order chi connectivity index (χ1) is 9.72. The third-order valence-electron chi connectivity index (χ3n) is 3.27. The summed E-state index contributed by atoms with van der Waals surface area (Å²) in [5.41, 5.74) is 0.806. The van der Waals surface area contributed by atoms with Crippen molar-refractivity contribution in [3.05, 3.63) is 17.8 Å². The predicted molar refractivity (Wildman–Crippen MR) is 80.7 cm³/mol. The van der Waals surface area contributed by atoms with Gasteiger partial charge in [0, 0.05) is 23.9 Å². The fraction of sp³-hybridized carbons (Fsp3) is 0.500. The fourth-order valence-corrected chi connectivity index (χ4v) is 2.54. The number of carbonyl (C=O) groups excluding carboxylic acids is 1. The van der Waals surface area contributed by atoms with Crippen LogP contribution < -0.4 is 5.32 Å². The summed E-state index contributed by atoms with van der Waals surface area (Å²) in [5.74, 6) is 0.405. The molecule has 1 fully saturated rings. The van der Waals surface area contributed by atoms with Crippen LogP contribution in [0, 0.1) is 0 Å². The number of aromatic nitrogens is 2. The smallest absolute Gasteiger partial charge is 0.330 e. The molecule has 0 spiro atoms. The molecule has 1 aromatic rings. The molecule has 1 N–H and O–H groups in total. The Balaban J connectivity index is 2.20. The van der Waals surface area contributed by atoms with Gasteiger partial charge < -0.3 is 10.1 Å². The van der Waals surface area contributed by atoms with Gasteiger partial charge in [0.1, 0.15) is 5.82 Å². The van der Waals surface area contributed by atoms with Crippen LogP contribution in [-0.2, 0) is 9.53 Å². The van der Waals surface area contributed by atoms with Gasteiger partial charge in [-0.3, -0.25) is 0 Å². The van der Waals surface area contributed by atoms with Crippen molar-refractivity contribution in [1.82, 2.24) is 9.97 Å². The largest absolute Gasteiger partial charge is 0.466 e. The van der Waals surface area contributed by atoms with E-state index in [9.17, 15) is 4.79 Å². The average Bonchev–Trinajstić information content (AvgIpc) is 2.98. The molecule has 0 radical (unpaired) electrons. The first kappa shape index (κ1) is 14.8. The van der Waals surface area contributed by atoms with Crippen LogP contribution in [0.4, 0.5) is 5.82 Å². The molecule has 108 valence electrons. The summed E-state index contributed by atoms with van der Waals surface area (Å²) in [6, 6.07) is 0.463. The summed E-state index contributed by atoms with van der Waals surface area (Å²) in [6.07, 6.45) is 11.6. The number of ether oxygens (including phenoxy) is 1. The third-order valence-corrected chi connectivity index (χ3v) is 3.84. The third kappa shape index (κ3) is 3.96. The van der Waals surface area contributed by atoms with Gasteiger partial charge in [0.25, 0.3) is 0 Å². The van der Waals surface area contributed by atoms with Gasteiger partial charge >= 0.3 is 5.97 Å². The van der Waals surface area contributed by atoms with Crippen molar-refractivity contribution in [1.29, 1.82) is 0 Å². The van der Waals surface area contributed by atoms with E-state index in [0.29, 0.717) is 6.04 Å². The lowest BCUT2D eigenvalue weighted by molar-refractivity contribution is -0.134. The van der Waals surface area contributed by atoms with E-state index in [2.05, 4.69) is 20.0 Å². The van der Waals surface area contributed by atoms with Gasteiger partial charge in [-0.05, 0) is 25.2 Å². The Morgan fingerprint density at radius 1 is 1.50 bits per heavy atom. The van der Waals surface area contributed by atoms with Gasteiger partial charge in [-0.1, -0.05) is 24.6 Å². The second-order valence-electron chi connectivity index (χ2n) is 4.64. The molecule has 0 bridgehead atoms. The summed E-state index contributed by atoms with van der Waals surface area (Å²) < 4.78 is 4.60. The Morgan fingerprint density at radius 2 is 2.25 bits per heavy atom. The molecule has 1 aromatic heterocycles. The number of esters is 1. The zero-order valence-corrected chi connectivity index (χ0v) is 12.6. The van der Waals surface area contributed by atoms with E-state index in [1.54, 1.807) is 12.3 Å². The summed E-state index contributed by atoms with van der Waals surface area (Å²) >= 11 is 1.50. The molecular formula is C14H19N3O2S. The Kier molecular flexibility index (Phi) is 5.40. The van der Waals surface area contributed by atoms with Crippen molar-refractivity contribution in [2.24, 2.45) is 0 Å². The number of nitrogens with zero attached hydrogens (tertiary/aromatic N) is 2. The van der Waals surface area contributed by atoms with E-state index in [1.807, 2.05) is 6.26 Å². The minimum Gasteiger partial charge on any atom is -0.466 e. The standard InChI is InChI=1S/C14H19N3O2S/c1-19-12(18)8-7-10-9-15-14(20-2)17-13(10)16-11-5-3-4-6-11/h7-9,11H,3-6H2,1-2H3,(H,15,16,17). The number of nitrogens with one attached hydrogen (secondary N) is 1. The van der Waals surface area contributed by atoms with Gasteiger partial charge in [0.15, 0.2) is 5.16 Å². The average molecular weight is 293 g/mol. The van der Waals surface area contributed by atoms with Crippen LogP contribution in [0.15, 0.2) is 17.4 Å². The molecule has 0 unspecified atom stereocenters. The second-order valence-corrected chi connectivity index (χ2v) is 5.42. The van der Waals surface area contributed by atoms with Gasteiger partial charge in [-0.15, -0.1) is 0 Å². The number of carbonyl (C=O) groups is 1. The van der Waals surface area contributed by atoms with Crippen molar-refractivity contribution in [2.75, 3.05) is 18.7 Å². The van der Waals surface area contributed by atoms with Crippen LogP contribution >= 0.6 is 11.8 Å². The fourth-order valence-electron chi connectivity index (χ4n) is 2.20. The number of thioether (sulfide) groups is 1. The highest BCUT2D eigenvalue weighted by Gasteiger charge is 2.16. The number of anilines is 1. The Morgan fingerprint density at radius 3 is 2.90 bits per heavy atom. The molecular weight excluding hydrogens is 274 g/mol. The predicted octanol–water partition coefficient (Wildman–Crippen LogP) is 2.74. The van der Waals surface area contributed by atoms with Crippen molar-refractivity contribution >= 4 is 29.6 Å². The normalized spacial score (nSPS) is 15.7. The first-order valence-corrected chi connectivity index (χ1v) is 7.89. The van der Waals surface area contributed by atoms with E-state index >= 15 is 0 Å². The summed E-state index contributed by atoms with van der Waals surface area (Å²) in [4.78, 5) is 19.9. The lowest BCUT2D eigenvalue weighted by Crippen LogP contribution is -2.16. The van der Waals surface area contributed by atoms with E-state index in [-0.39, 0.29) is 5.97 Å². The lowest BCUT2D eigenvalue weighted by Gasteiger charge is -2.15. The van der Waals surface area contributed by atoms with Gasteiger partial charge in [-0.2, -0.15) is 0 Å². The maximum atomic E-state index is 11.2. The van der Waals surface area contributed by atoms with Crippen LogP contribution in [0.3, 0.4) is 0 Å². The van der Waals surface area contributed by atoms with Gasteiger partial charge in [0.05, 0.1) is 7.11 Å².